The van der Waals surface area contributed by atoms with E-state index in [1.165, 1.54) is 24.0 Å². The Balaban J connectivity index is 1.45. The molecule has 0 unspecified atom stereocenters. The number of amides is 1. The Morgan fingerprint density at radius 3 is 2.26 bits per heavy atom. The predicted molar refractivity (Wildman–Crippen MR) is 165 cm³/mol. The third-order valence-corrected chi connectivity index (χ3v) is 7.30. The number of carbonyl (C=O) groups is 1. The normalized spacial score (nSPS) is 13.4. The van der Waals surface area contributed by atoms with Gasteiger partial charge < -0.3 is 29.3 Å². The molecule has 10 heteroatoms. The Hall–Kier alpha value is -4.83. The van der Waals surface area contributed by atoms with E-state index in [2.05, 4.69) is 44.3 Å². The lowest BCUT2D eigenvalue weighted by molar-refractivity contribution is 0.209. The molecule has 1 aliphatic heterocycles. The van der Waals surface area contributed by atoms with Gasteiger partial charge in [-0.2, -0.15) is 0 Å². The van der Waals surface area contributed by atoms with Gasteiger partial charge in [0, 0.05) is 49.7 Å². The first-order chi connectivity index (χ1) is 20.4. The van der Waals surface area contributed by atoms with Crippen molar-refractivity contribution in [1.29, 1.82) is 0 Å². The fraction of sp³-hybridized carbons (Fsp3) is 0.281. The SMILES string of the molecule is COc1ccc(N(C(=O)Oc2c(C)cccc2C)c2cc(Nc3ccc(N4CCN(C)CC4)cc3)ncn2)c(OC)c1. The lowest BCUT2D eigenvalue weighted by atomic mass is 10.1. The van der Waals surface area contributed by atoms with E-state index in [9.17, 15) is 4.79 Å². The molecule has 218 valence electrons. The van der Waals surface area contributed by atoms with E-state index in [0.29, 0.717) is 34.6 Å². The molecule has 0 bridgehead atoms. The van der Waals surface area contributed by atoms with Gasteiger partial charge in [0.05, 0.1) is 19.9 Å². The number of carbonyl (C=O) groups excluding carboxylic acids is 1. The van der Waals surface area contributed by atoms with Crippen molar-refractivity contribution in [3.8, 4) is 17.2 Å². The first kappa shape index (κ1) is 28.7. The monoisotopic (exact) mass is 568 g/mol. The van der Waals surface area contributed by atoms with Crippen molar-refractivity contribution in [2.75, 3.05) is 62.6 Å². The smallest absolute Gasteiger partial charge is 0.425 e. The fourth-order valence-electron chi connectivity index (χ4n) is 4.88. The van der Waals surface area contributed by atoms with Gasteiger partial charge in [0.2, 0.25) is 0 Å². The van der Waals surface area contributed by atoms with Crippen LogP contribution >= 0.6 is 0 Å². The van der Waals surface area contributed by atoms with Gasteiger partial charge in [-0.1, -0.05) is 18.2 Å². The zero-order valence-electron chi connectivity index (χ0n) is 24.6. The van der Waals surface area contributed by atoms with E-state index >= 15 is 0 Å². The quantitative estimate of drug-likeness (QED) is 0.277. The Morgan fingerprint density at radius 2 is 1.60 bits per heavy atom. The highest BCUT2D eigenvalue weighted by Gasteiger charge is 2.27. The molecule has 4 aromatic rings. The Bertz CT molecular complexity index is 1520. The Morgan fingerprint density at radius 1 is 0.881 bits per heavy atom. The molecule has 5 rings (SSSR count). The van der Waals surface area contributed by atoms with E-state index in [-0.39, 0.29) is 0 Å². The average molecular weight is 569 g/mol. The number of aryl methyl sites for hydroxylation is 2. The minimum absolute atomic E-state index is 0.307. The number of nitrogens with one attached hydrogen (secondary N) is 1. The lowest BCUT2D eigenvalue weighted by Crippen LogP contribution is -2.44. The Kier molecular flexibility index (Phi) is 8.73. The summed E-state index contributed by atoms with van der Waals surface area (Å²) in [5, 5.41) is 3.33. The van der Waals surface area contributed by atoms with Crippen LogP contribution in [-0.4, -0.2) is 68.4 Å². The molecule has 42 heavy (non-hydrogen) atoms. The molecule has 1 saturated heterocycles. The minimum atomic E-state index is -0.642. The summed E-state index contributed by atoms with van der Waals surface area (Å²) in [6, 6.07) is 20.9. The molecule has 0 aliphatic carbocycles. The molecule has 10 nitrogen and oxygen atoms in total. The number of hydrogen-bond donors (Lipinski definition) is 1. The van der Waals surface area contributed by atoms with Gasteiger partial charge in [-0.15, -0.1) is 0 Å². The highest BCUT2D eigenvalue weighted by Crippen LogP contribution is 2.37. The first-order valence-electron chi connectivity index (χ1n) is 13.8. The molecular formula is C32H36N6O4. The molecule has 3 aromatic carbocycles. The summed E-state index contributed by atoms with van der Waals surface area (Å²) in [5.41, 5.74) is 4.18. The largest absolute Gasteiger partial charge is 0.497 e. The van der Waals surface area contributed by atoms with Gasteiger partial charge >= 0.3 is 6.09 Å². The van der Waals surface area contributed by atoms with E-state index in [1.54, 1.807) is 31.4 Å². The topological polar surface area (TPSA) is 92.3 Å². The van der Waals surface area contributed by atoms with E-state index in [0.717, 1.165) is 43.0 Å². The third-order valence-electron chi connectivity index (χ3n) is 7.30. The molecule has 1 fully saturated rings. The third kappa shape index (κ3) is 6.39. The summed E-state index contributed by atoms with van der Waals surface area (Å²) in [6.45, 7) is 7.89. The van der Waals surface area contributed by atoms with Crippen LogP contribution in [0.5, 0.6) is 17.2 Å². The summed E-state index contributed by atoms with van der Waals surface area (Å²) >= 11 is 0. The number of ether oxygens (including phenoxy) is 3. The van der Waals surface area contributed by atoms with Crippen LogP contribution in [0.4, 0.5) is 33.5 Å². The van der Waals surface area contributed by atoms with Crippen LogP contribution in [0.1, 0.15) is 11.1 Å². The average Bonchev–Trinajstić information content (AvgIpc) is 3.00. The molecule has 0 radical (unpaired) electrons. The first-order valence-corrected chi connectivity index (χ1v) is 13.8. The van der Waals surface area contributed by atoms with Crippen LogP contribution in [0.25, 0.3) is 0 Å². The van der Waals surface area contributed by atoms with Gasteiger partial charge in [-0.25, -0.2) is 19.7 Å². The van der Waals surface area contributed by atoms with Gasteiger partial charge in [0.25, 0.3) is 0 Å². The number of methoxy groups -OCH3 is 2. The van der Waals surface area contributed by atoms with Crippen LogP contribution in [0.2, 0.25) is 0 Å². The molecular weight excluding hydrogens is 532 g/mol. The molecule has 1 amide bonds. The highest BCUT2D eigenvalue weighted by atomic mass is 16.6. The van der Waals surface area contributed by atoms with E-state index in [1.807, 2.05) is 44.2 Å². The van der Waals surface area contributed by atoms with Crippen LogP contribution in [0.15, 0.2) is 73.1 Å². The van der Waals surface area contributed by atoms with Crippen LogP contribution in [-0.2, 0) is 0 Å². The molecule has 0 spiro atoms. The Labute approximate surface area is 246 Å². The van der Waals surface area contributed by atoms with Gasteiger partial charge in [0.1, 0.15) is 35.2 Å². The molecule has 2 heterocycles. The number of benzene rings is 3. The summed E-state index contributed by atoms with van der Waals surface area (Å²) in [7, 11) is 5.25. The van der Waals surface area contributed by atoms with Crippen molar-refractivity contribution >= 4 is 34.8 Å². The molecule has 1 N–H and O–H groups in total. The van der Waals surface area contributed by atoms with Crippen LogP contribution in [0, 0.1) is 13.8 Å². The fourth-order valence-corrected chi connectivity index (χ4v) is 4.88. The zero-order chi connectivity index (χ0) is 29.6. The molecule has 1 aliphatic rings. The van der Waals surface area contributed by atoms with Crippen LogP contribution in [0.3, 0.4) is 0 Å². The summed E-state index contributed by atoms with van der Waals surface area (Å²) in [5.74, 6) is 2.32. The van der Waals surface area contributed by atoms with Crippen molar-refractivity contribution in [2.24, 2.45) is 0 Å². The van der Waals surface area contributed by atoms with Crippen molar-refractivity contribution in [1.82, 2.24) is 14.9 Å². The molecule has 0 atom stereocenters. The van der Waals surface area contributed by atoms with Crippen molar-refractivity contribution in [2.45, 2.75) is 13.8 Å². The maximum absolute atomic E-state index is 13.8. The highest BCUT2D eigenvalue weighted by molar-refractivity contribution is 5.98. The van der Waals surface area contributed by atoms with E-state index in [4.69, 9.17) is 14.2 Å². The second-order valence-electron chi connectivity index (χ2n) is 10.2. The zero-order valence-corrected chi connectivity index (χ0v) is 24.6. The van der Waals surface area contributed by atoms with Crippen molar-refractivity contribution in [3.63, 3.8) is 0 Å². The summed E-state index contributed by atoms with van der Waals surface area (Å²) < 4.78 is 17.0. The van der Waals surface area contributed by atoms with Gasteiger partial charge in [-0.3, -0.25) is 0 Å². The number of nitrogens with zero attached hydrogens (tertiary/aromatic N) is 5. The maximum Gasteiger partial charge on any atom is 0.425 e. The number of para-hydroxylation sites is 1. The lowest BCUT2D eigenvalue weighted by Gasteiger charge is -2.34. The number of anilines is 5. The maximum atomic E-state index is 13.8. The standard InChI is InChI=1S/C32H36N6O4/c1-22-7-6-8-23(2)31(22)42-32(39)38(27-14-13-26(40-4)19-28(27)41-5)30-20-29(33-21-34-30)35-24-9-11-25(12-10-24)37-17-15-36(3)16-18-37/h6-14,19-21H,15-18H2,1-5H3,(H,33,34,35). The predicted octanol–water partition coefficient (Wildman–Crippen LogP) is 5.94. The number of hydrogen-bond acceptors (Lipinski definition) is 9. The summed E-state index contributed by atoms with van der Waals surface area (Å²) in [6.07, 6.45) is 0.767. The number of rotatable bonds is 8. The molecule has 1 aromatic heterocycles. The van der Waals surface area contributed by atoms with Crippen LogP contribution < -0.4 is 29.3 Å². The summed E-state index contributed by atoms with van der Waals surface area (Å²) in [4.78, 5) is 28.8. The number of piperazine rings is 1. The van der Waals surface area contributed by atoms with Crippen molar-refractivity contribution < 1.29 is 19.0 Å². The van der Waals surface area contributed by atoms with Gasteiger partial charge in [0.15, 0.2) is 0 Å². The second kappa shape index (κ2) is 12.8. The molecule has 0 saturated carbocycles. The second-order valence-corrected chi connectivity index (χ2v) is 10.2. The number of likely N-dealkylation sites (N-methyl/N-ethyl adjacent to an activating group) is 1. The van der Waals surface area contributed by atoms with Gasteiger partial charge in [-0.05, 0) is 68.4 Å². The van der Waals surface area contributed by atoms with Crippen molar-refractivity contribution in [3.05, 3.63) is 84.2 Å². The number of aromatic nitrogens is 2. The van der Waals surface area contributed by atoms with E-state index < -0.39 is 6.09 Å². The minimum Gasteiger partial charge on any atom is -0.497 e.